The lowest BCUT2D eigenvalue weighted by Crippen LogP contribution is -2.19. The Hall–Kier alpha value is -1.58. The maximum Gasteiger partial charge on any atom is 0.227 e. The highest BCUT2D eigenvalue weighted by Crippen LogP contribution is 2.11. The van der Waals surface area contributed by atoms with Gasteiger partial charge >= 0.3 is 0 Å². The third kappa shape index (κ3) is 3.23. The van der Waals surface area contributed by atoms with Gasteiger partial charge < -0.3 is 10.6 Å². The van der Waals surface area contributed by atoms with E-state index in [0.717, 1.165) is 17.9 Å². The third-order valence-electron chi connectivity index (χ3n) is 2.35. The summed E-state index contributed by atoms with van der Waals surface area (Å²) in [7, 11) is 1.81. The second-order valence-electron chi connectivity index (χ2n) is 3.48. The van der Waals surface area contributed by atoms with E-state index < -0.39 is 0 Å². The molecule has 1 aromatic heterocycles. The van der Waals surface area contributed by atoms with Gasteiger partial charge in [0.25, 0.3) is 0 Å². The van der Waals surface area contributed by atoms with Crippen LogP contribution in [0.25, 0.3) is 0 Å². The molecule has 1 amide bonds. The summed E-state index contributed by atoms with van der Waals surface area (Å²) in [5.74, 6) is 0.863. The van der Waals surface area contributed by atoms with E-state index in [1.54, 1.807) is 13.2 Å². The number of pyridine rings is 1. The number of amides is 1. The number of nitrogens with one attached hydrogen (secondary N) is 2. The second-order valence-corrected chi connectivity index (χ2v) is 3.48. The quantitative estimate of drug-likeness (QED) is 0.795. The van der Waals surface area contributed by atoms with Crippen LogP contribution in [-0.4, -0.2) is 17.9 Å². The predicted molar refractivity (Wildman–Crippen MR) is 61.9 cm³/mol. The van der Waals surface area contributed by atoms with Crippen molar-refractivity contribution in [1.82, 2.24) is 4.98 Å². The Bertz CT molecular complexity index is 321. The smallest absolute Gasteiger partial charge is 0.227 e. The highest BCUT2D eigenvalue weighted by atomic mass is 16.1. The van der Waals surface area contributed by atoms with Gasteiger partial charge in [-0.3, -0.25) is 4.79 Å². The molecule has 1 atom stereocenters. The molecule has 0 saturated carbocycles. The molecule has 0 spiro atoms. The first kappa shape index (κ1) is 11.5. The molecule has 82 valence electrons. The summed E-state index contributed by atoms with van der Waals surface area (Å²) in [4.78, 5) is 15.7. The van der Waals surface area contributed by atoms with Crippen molar-refractivity contribution in [2.45, 2.75) is 20.3 Å². The van der Waals surface area contributed by atoms with Crippen molar-refractivity contribution in [3.8, 4) is 0 Å². The zero-order valence-corrected chi connectivity index (χ0v) is 9.37. The van der Waals surface area contributed by atoms with Crippen molar-refractivity contribution in [2.75, 3.05) is 17.7 Å². The van der Waals surface area contributed by atoms with E-state index in [-0.39, 0.29) is 11.8 Å². The molecule has 1 unspecified atom stereocenters. The van der Waals surface area contributed by atoms with Gasteiger partial charge in [-0.2, -0.15) is 0 Å². The number of hydrogen-bond donors (Lipinski definition) is 2. The van der Waals surface area contributed by atoms with Crippen molar-refractivity contribution in [2.24, 2.45) is 5.92 Å². The molecule has 1 heterocycles. The van der Waals surface area contributed by atoms with Crippen LogP contribution in [0.2, 0.25) is 0 Å². The summed E-state index contributed by atoms with van der Waals surface area (Å²) in [6.07, 6.45) is 2.49. The highest BCUT2D eigenvalue weighted by Gasteiger charge is 2.10. The Morgan fingerprint density at radius 2 is 2.27 bits per heavy atom. The zero-order valence-electron chi connectivity index (χ0n) is 9.37. The Morgan fingerprint density at radius 1 is 1.53 bits per heavy atom. The first-order valence-electron chi connectivity index (χ1n) is 5.12. The third-order valence-corrected chi connectivity index (χ3v) is 2.35. The molecule has 0 bridgehead atoms. The Morgan fingerprint density at radius 3 is 2.73 bits per heavy atom. The molecule has 0 aromatic carbocycles. The summed E-state index contributed by atoms with van der Waals surface area (Å²) in [6, 6.07) is 3.66. The molecule has 0 aliphatic carbocycles. The molecule has 0 saturated heterocycles. The van der Waals surface area contributed by atoms with Crippen molar-refractivity contribution in [3.05, 3.63) is 18.3 Å². The lowest BCUT2D eigenvalue weighted by molar-refractivity contribution is -0.119. The Balaban J connectivity index is 2.61. The fraction of sp³-hybridized carbons (Fsp3) is 0.455. The van der Waals surface area contributed by atoms with Gasteiger partial charge in [0.05, 0.1) is 11.9 Å². The van der Waals surface area contributed by atoms with Crippen molar-refractivity contribution in [1.29, 1.82) is 0 Å². The van der Waals surface area contributed by atoms with Crippen LogP contribution < -0.4 is 10.6 Å². The summed E-state index contributed by atoms with van der Waals surface area (Å²) in [5, 5.41) is 5.73. The van der Waals surface area contributed by atoms with Crippen LogP contribution in [0.4, 0.5) is 11.5 Å². The molecule has 4 nitrogen and oxygen atoms in total. The molecule has 0 fully saturated rings. The normalized spacial score (nSPS) is 11.9. The Labute approximate surface area is 90.1 Å². The molecule has 1 rings (SSSR count). The molecule has 0 radical (unpaired) electrons. The molecule has 2 N–H and O–H groups in total. The SMILES string of the molecule is CCC(C)C(=O)Nc1ccc(NC)nc1. The number of rotatable bonds is 4. The maximum atomic E-state index is 11.5. The van der Waals surface area contributed by atoms with Crippen LogP contribution in [0, 0.1) is 5.92 Å². The van der Waals surface area contributed by atoms with Crippen LogP contribution in [0.3, 0.4) is 0 Å². The van der Waals surface area contributed by atoms with Crippen LogP contribution in [0.5, 0.6) is 0 Å². The van der Waals surface area contributed by atoms with Gasteiger partial charge in [0.2, 0.25) is 5.91 Å². The first-order valence-corrected chi connectivity index (χ1v) is 5.12. The minimum atomic E-state index is 0.0361. The van der Waals surface area contributed by atoms with Crippen LogP contribution in [-0.2, 0) is 4.79 Å². The summed E-state index contributed by atoms with van der Waals surface area (Å²) in [6.45, 7) is 3.90. The van der Waals surface area contributed by atoms with Crippen molar-refractivity contribution >= 4 is 17.4 Å². The minimum absolute atomic E-state index is 0.0361. The lowest BCUT2D eigenvalue weighted by Gasteiger charge is -2.09. The summed E-state index contributed by atoms with van der Waals surface area (Å²) >= 11 is 0. The number of carbonyl (C=O) groups is 1. The van der Waals surface area contributed by atoms with E-state index >= 15 is 0 Å². The van der Waals surface area contributed by atoms with Crippen molar-refractivity contribution in [3.63, 3.8) is 0 Å². The van der Waals surface area contributed by atoms with E-state index in [2.05, 4.69) is 15.6 Å². The standard InChI is InChI=1S/C11H17N3O/c1-4-8(2)11(15)14-9-5-6-10(12-3)13-7-9/h5-8H,4H2,1-3H3,(H,12,13)(H,14,15). The number of nitrogens with zero attached hydrogens (tertiary/aromatic N) is 1. The van der Waals surface area contributed by atoms with Crippen LogP contribution >= 0.6 is 0 Å². The van der Waals surface area contributed by atoms with Gasteiger partial charge in [-0.25, -0.2) is 4.98 Å². The largest absolute Gasteiger partial charge is 0.373 e. The van der Waals surface area contributed by atoms with E-state index in [1.165, 1.54) is 0 Å². The van der Waals surface area contributed by atoms with Gasteiger partial charge in [0.1, 0.15) is 5.82 Å². The maximum absolute atomic E-state index is 11.5. The minimum Gasteiger partial charge on any atom is -0.373 e. The zero-order chi connectivity index (χ0) is 11.3. The molecule has 4 heteroatoms. The van der Waals surface area contributed by atoms with Gasteiger partial charge in [0.15, 0.2) is 0 Å². The van der Waals surface area contributed by atoms with Crippen LogP contribution in [0.1, 0.15) is 20.3 Å². The predicted octanol–water partition coefficient (Wildman–Crippen LogP) is 2.11. The van der Waals surface area contributed by atoms with E-state index in [4.69, 9.17) is 0 Å². The van der Waals surface area contributed by atoms with E-state index in [0.29, 0.717) is 0 Å². The number of anilines is 2. The topological polar surface area (TPSA) is 54.0 Å². The van der Waals surface area contributed by atoms with Gasteiger partial charge in [0, 0.05) is 13.0 Å². The average molecular weight is 207 g/mol. The summed E-state index contributed by atoms with van der Waals surface area (Å²) in [5.41, 5.74) is 0.735. The molecule has 1 aromatic rings. The van der Waals surface area contributed by atoms with E-state index in [9.17, 15) is 4.79 Å². The fourth-order valence-electron chi connectivity index (χ4n) is 1.07. The lowest BCUT2D eigenvalue weighted by atomic mass is 10.1. The monoisotopic (exact) mass is 207 g/mol. The van der Waals surface area contributed by atoms with Crippen molar-refractivity contribution < 1.29 is 4.79 Å². The molecular formula is C11H17N3O. The Kier molecular flexibility index (Phi) is 4.09. The number of hydrogen-bond acceptors (Lipinski definition) is 3. The van der Waals surface area contributed by atoms with Gasteiger partial charge in [-0.1, -0.05) is 13.8 Å². The fourth-order valence-corrected chi connectivity index (χ4v) is 1.07. The molecule has 15 heavy (non-hydrogen) atoms. The molecule has 0 aliphatic rings. The highest BCUT2D eigenvalue weighted by molar-refractivity contribution is 5.92. The van der Waals surface area contributed by atoms with Gasteiger partial charge in [-0.05, 0) is 18.6 Å². The second kappa shape index (κ2) is 5.34. The first-order chi connectivity index (χ1) is 7.17. The van der Waals surface area contributed by atoms with Gasteiger partial charge in [-0.15, -0.1) is 0 Å². The number of aromatic nitrogens is 1. The average Bonchev–Trinajstić information content (AvgIpc) is 2.29. The molecule has 0 aliphatic heterocycles. The van der Waals surface area contributed by atoms with Crippen LogP contribution in [0.15, 0.2) is 18.3 Å². The van der Waals surface area contributed by atoms with E-state index in [1.807, 2.05) is 26.0 Å². The summed E-state index contributed by atoms with van der Waals surface area (Å²) < 4.78 is 0. The number of carbonyl (C=O) groups excluding carboxylic acids is 1. The molecular weight excluding hydrogens is 190 g/mol.